The Kier molecular flexibility index (Phi) is 4.87. The summed E-state index contributed by atoms with van der Waals surface area (Å²) in [7, 11) is 1.89. The quantitative estimate of drug-likeness (QED) is 0.857. The highest BCUT2D eigenvalue weighted by molar-refractivity contribution is 5.79. The van der Waals surface area contributed by atoms with Crippen molar-refractivity contribution in [2.45, 2.75) is 58.0 Å². The van der Waals surface area contributed by atoms with Gasteiger partial charge in [-0.3, -0.25) is 9.69 Å². The molecule has 122 valence electrons. The van der Waals surface area contributed by atoms with Crippen LogP contribution < -0.4 is 0 Å². The number of aryl methyl sites for hydroxylation is 1. The minimum absolute atomic E-state index is 0.169. The van der Waals surface area contributed by atoms with E-state index in [1.54, 1.807) is 0 Å². The summed E-state index contributed by atoms with van der Waals surface area (Å²) in [4.78, 5) is 17.0. The lowest BCUT2D eigenvalue weighted by molar-refractivity contribution is -0.134. The summed E-state index contributed by atoms with van der Waals surface area (Å²) in [5, 5.41) is 0. The van der Waals surface area contributed by atoms with E-state index in [1.165, 1.54) is 32.1 Å². The van der Waals surface area contributed by atoms with Crippen LogP contribution in [0.15, 0.2) is 16.5 Å². The predicted molar refractivity (Wildman–Crippen MR) is 86.5 cm³/mol. The van der Waals surface area contributed by atoms with Crippen LogP contribution in [-0.4, -0.2) is 41.9 Å². The SMILES string of the molecule is Cc1ccc(CN(C)C(=O)[C@@H]2CCN(C3CCCCC3)C2)o1. The number of hydrogen-bond acceptors (Lipinski definition) is 3. The van der Waals surface area contributed by atoms with Crippen LogP contribution in [0.3, 0.4) is 0 Å². The molecule has 0 spiro atoms. The van der Waals surface area contributed by atoms with Crippen molar-refractivity contribution in [2.75, 3.05) is 20.1 Å². The Morgan fingerprint density at radius 1 is 1.27 bits per heavy atom. The van der Waals surface area contributed by atoms with E-state index in [0.29, 0.717) is 6.54 Å². The largest absolute Gasteiger partial charge is 0.464 e. The molecule has 0 radical (unpaired) electrons. The minimum Gasteiger partial charge on any atom is -0.464 e. The molecule has 2 aliphatic rings. The Morgan fingerprint density at radius 2 is 2.05 bits per heavy atom. The van der Waals surface area contributed by atoms with Gasteiger partial charge in [-0.1, -0.05) is 19.3 Å². The van der Waals surface area contributed by atoms with E-state index < -0.39 is 0 Å². The summed E-state index contributed by atoms with van der Waals surface area (Å²) in [5.41, 5.74) is 0. The molecule has 0 N–H and O–H groups in total. The van der Waals surface area contributed by atoms with E-state index in [2.05, 4.69) is 4.90 Å². The zero-order valence-corrected chi connectivity index (χ0v) is 13.9. The fourth-order valence-corrected chi connectivity index (χ4v) is 3.96. The van der Waals surface area contributed by atoms with E-state index in [1.807, 2.05) is 31.0 Å². The van der Waals surface area contributed by atoms with Crippen LogP contribution in [0.4, 0.5) is 0 Å². The van der Waals surface area contributed by atoms with Gasteiger partial charge in [-0.2, -0.15) is 0 Å². The molecule has 0 aromatic carbocycles. The molecular formula is C18H28N2O2. The molecule has 0 unspecified atom stereocenters. The standard InChI is InChI=1S/C18H28N2O2/c1-14-8-9-17(22-14)13-19(2)18(21)15-10-11-20(12-15)16-6-4-3-5-7-16/h8-9,15-16H,3-7,10-13H2,1-2H3/t15-/m1/s1. The average molecular weight is 304 g/mol. The fourth-order valence-electron chi connectivity index (χ4n) is 3.96. The molecule has 1 amide bonds. The van der Waals surface area contributed by atoms with Gasteiger partial charge in [-0.05, 0) is 44.9 Å². The lowest BCUT2D eigenvalue weighted by Crippen LogP contribution is -2.38. The van der Waals surface area contributed by atoms with E-state index >= 15 is 0 Å². The summed E-state index contributed by atoms with van der Waals surface area (Å²) in [6.45, 7) is 4.55. The lowest BCUT2D eigenvalue weighted by atomic mass is 9.94. The minimum atomic E-state index is 0.169. The molecule has 1 saturated carbocycles. The first-order valence-electron chi connectivity index (χ1n) is 8.68. The first kappa shape index (κ1) is 15.6. The van der Waals surface area contributed by atoms with E-state index in [9.17, 15) is 4.79 Å². The van der Waals surface area contributed by atoms with Gasteiger partial charge in [0.05, 0.1) is 12.5 Å². The number of hydrogen-bond donors (Lipinski definition) is 0. The maximum atomic E-state index is 12.6. The van der Waals surface area contributed by atoms with Gasteiger partial charge in [0.15, 0.2) is 0 Å². The molecule has 1 saturated heterocycles. The van der Waals surface area contributed by atoms with Crippen LogP contribution in [0.1, 0.15) is 50.0 Å². The molecule has 1 aromatic heterocycles. The van der Waals surface area contributed by atoms with Crippen LogP contribution in [-0.2, 0) is 11.3 Å². The van der Waals surface area contributed by atoms with E-state index in [4.69, 9.17) is 4.42 Å². The van der Waals surface area contributed by atoms with Crippen molar-refractivity contribution < 1.29 is 9.21 Å². The lowest BCUT2D eigenvalue weighted by Gasteiger charge is -2.31. The maximum absolute atomic E-state index is 12.6. The number of carbonyl (C=O) groups excluding carboxylic acids is 1. The van der Waals surface area contributed by atoms with Crippen molar-refractivity contribution in [3.8, 4) is 0 Å². The van der Waals surface area contributed by atoms with Crippen LogP contribution in [0.25, 0.3) is 0 Å². The van der Waals surface area contributed by atoms with Crippen molar-refractivity contribution in [3.63, 3.8) is 0 Å². The highest BCUT2D eigenvalue weighted by Gasteiger charge is 2.34. The monoisotopic (exact) mass is 304 g/mol. The molecule has 2 fully saturated rings. The van der Waals surface area contributed by atoms with Crippen LogP contribution >= 0.6 is 0 Å². The van der Waals surface area contributed by atoms with Crippen molar-refractivity contribution in [1.82, 2.24) is 9.80 Å². The second kappa shape index (κ2) is 6.86. The first-order chi connectivity index (χ1) is 10.6. The molecule has 4 nitrogen and oxygen atoms in total. The number of furan rings is 1. The second-order valence-corrected chi connectivity index (χ2v) is 6.98. The Bertz CT molecular complexity index is 505. The number of nitrogens with zero attached hydrogens (tertiary/aromatic N) is 2. The Hall–Kier alpha value is -1.29. The number of likely N-dealkylation sites (tertiary alicyclic amines) is 1. The molecule has 3 rings (SSSR count). The molecule has 1 aliphatic heterocycles. The summed E-state index contributed by atoms with van der Waals surface area (Å²) in [6, 6.07) is 4.64. The molecule has 1 atom stereocenters. The van der Waals surface area contributed by atoms with Crippen molar-refractivity contribution in [1.29, 1.82) is 0 Å². The molecular weight excluding hydrogens is 276 g/mol. The number of carbonyl (C=O) groups is 1. The molecule has 2 heterocycles. The highest BCUT2D eigenvalue weighted by atomic mass is 16.3. The second-order valence-electron chi connectivity index (χ2n) is 6.98. The van der Waals surface area contributed by atoms with Gasteiger partial charge in [0.25, 0.3) is 0 Å². The smallest absolute Gasteiger partial charge is 0.227 e. The first-order valence-corrected chi connectivity index (χ1v) is 8.68. The fraction of sp³-hybridized carbons (Fsp3) is 0.722. The van der Waals surface area contributed by atoms with Gasteiger partial charge in [-0.25, -0.2) is 0 Å². The Morgan fingerprint density at radius 3 is 2.73 bits per heavy atom. The van der Waals surface area contributed by atoms with Gasteiger partial charge < -0.3 is 9.32 Å². The molecule has 0 bridgehead atoms. The summed E-state index contributed by atoms with van der Waals surface area (Å²) in [6.07, 6.45) is 7.76. The summed E-state index contributed by atoms with van der Waals surface area (Å²) >= 11 is 0. The van der Waals surface area contributed by atoms with Crippen molar-refractivity contribution in [3.05, 3.63) is 23.7 Å². The Labute approximate surface area is 133 Å². The van der Waals surface area contributed by atoms with Gasteiger partial charge in [-0.15, -0.1) is 0 Å². The zero-order valence-electron chi connectivity index (χ0n) is 13.9. The van der Waals surface area contributed by atoms with Gasteiger partial charge in [0, 0.05) is 19.6 Å². The third-order valence-electron chi connectivity index (χ3n) is 5.23. The number of amides is 1. The van der Waals surface area contributed by atoms with Gasteiger partial charge in [0.1, 0.15) is 11.5 Å². The Balaban J connectivity index is 1.52. The van der Waals surface area contributed by atoms with Crippen LogP contribution in [0.2, 0.25) is 0 Å². The number of rotatable bonds is 4. The van der Waals surface area contributed by atoms with Crippen molar-refractivity contribution >= 4 is 5.91 Å². The topological polar surface area (TPSA) is 36.7 Å². The van der Waals surface area contributed by atoms with E-state index in [-0.39, 0.29) is 11.8 Å². The molecule has 22 heavy (non-hydrogen) atoms. The highest BCUT2D eigenvalue weighted by Crippen LogP contribution is 2.28. The third kappa shape index (κ3) is 3.54. The van der Waals surface area contributed by atoms with Crippen LogP contribution in [0.5, 0.6) is 0 Å². The van der Waals surface area contributed by atoms with Crippen molar-refractivity contribution in [2.24, 2.45) is 5.92 Å². The van der Waals surface area contributed by atoms with Gasteiger partial charge >= 0.3 is 0 Å². The summed E-state index contributed by atoms with van der Waals surface area (Å²) in [5.74, 6) is 2.21. The maximum Gasteiger partial charge on any atom is 0.227 e. The third-order valence-corrected chi connectivity index (χ3v) is 5.23. The summed E-state index contributed by atoms with van der Waals surface area (Å²) < 4.78 is 5.58. The van der Waals surface area contributed by atoms with Gasteiger partial charge in [0.2, 0.25) is 5.91 Å². The molecule has 1 aliphatic carbocycles. The van der Waals surface area contributed by atoms with Crippen LogP contribution in [0, 0.1) is 12.8 Å². The zero-order chi connectivity index (χ0) is 15.5. The van der Waals surface area contributed by atoms with E-state index in [0.717, 1.165) is 37.1 Å². The normalized spacial score (nSPS) is 23.8. The molecule has 4 heteroatoms. The molecule has 1 aromatic rings. The average Bonchev–Trinajstić information content (AvgIpc) is 3.17. The predicted octanol–water partition coefficient (Wildman–Crippen LogP) is 3.20.